The van der Waals surface area contributed by atoms with Crippen molar-refractivity contribution in [3.63, 3.8) is 0 Å². The van der Waals surface area contributed by atoms with Gasteiger partial charge in [0.25, 0.3) is 0 Å². The number of hydrogen-bond donors (Lipinski definition) is 1. The highest BCUT2D eigenvalue weighted by Crippen LogP contribution is 2.29. The summed E-state index contributed by atoms with van der Waals surface area (Å²) in [5.41, 5.74) is 7.19. The van der Waals surface area contributed by atoms with Crippen LogP contribution in [0.4, 0.5) is 0 Å². The summed E-state index contributed by atoms with van der Waals surface area (Å²) in [5.74, 6) is 1.30. The van der Waals surface area contributed by atoms with E-state index in [1.54, 1.807) is 0 Å². The van der Waals surface area contributed by atoms with Gasteiger partial charge < -0.3 is 10.5 Å². The molecule has 0 heterocycles. The lowest BCUT2D eigenvalue weighted by molar-refractivity contribution is 0.242. The zero-order chi connectivity index (χ0) is 13.0. The number of halogens is 1. The first-order valence-electron chi connectivity index (χ1n) is 6.11. The fourth-order valence-corrected chi connectivity index (χ4v) is 1.97. The van der Waals surface area contributed by atoms with Crippen LogP contribution in [0.1, 0.15) is 45.7 Å². The Balaban J connectivity index is 2.81. The molecule has 0 saturated carbocycles. The molecule has 2 nitrogen and oxygen atoms in total. The Kier molecular flexibility index (Phi) is 5.29. The number of nitrogens with two attached hydrogens (primary N) is 1. The lowest BCUT2D eigenvalue weighted by Gasteiger charge is -2.17. The van der Waals surface area contributed by atoms with Gasteiger partial charge in [-0.15, -0.1) is 0 Å². The molecule has 0 aromatic heterocycles. The van der Waals surface area contributed by atoms with Crippen molar-refractivity contribution in [3.05, 3.63) is 28.8 Å². The molecule has 17 heavy (non-hydrogen) atoms. The first-order valence-corrected chi connectivity index (χ1v) is 6.49. The lowest BCUT2D eigenvalue weighted by Crippen LogP contribution is -2.13. The van der Waals surface area contributed by atoms with E-state index < -0.39 is 0 Å². The molecule has 0 aliphatic rings. The molecule has 0 saturated heterocycles. The van der Waals surface area contributed by atoms with Gasteiger partial charge in [-0.25, -0.2) is 0 Å². The number of benzene rings is 1. The van der Waals surface area contributed by atoms with E-state index in [4.69, 9.17) is 22.1 Å². The molecule has 0 amide bonds. The summed E-state index contributed by atoms with van der Waals surface area (Å²) in [6.07, 6.45) is 1.09. The minimum atomic E-state index is 0.0422. The van der Waals surface area contributed by atoms with Crippen molar-refractivity contribution in [1.82, 2.24) is 0 Å². The molecule has 96 valence electrons. The van der Waals surface area contributed by atoms with E-state index in [0.717, 1.165) is 17.7 Å². The highest BCUT2D eigenvalue weighted by Gasteiger charge is 2.11. The summed E-state index contributed by atoms with van der Waals surface area (Å²) in [4.78, 5) is 0. The van der Waals surface area contributed by atoms with Gasteiger partial charge >= 0.3 is 0 Å². The molecule has 1 rings (SSSR count). The van der Waals surface area contributed by atoms with Gasteiger partial charge in [0.1, 0.15) is 5.75 Å². The van der Waals surface area contributed by atoms with E-state index in [9.17, 15) is 0 Å². The predicted molar refractivity (Wildman–Crippen MR) is 73.6 cm³/mol. The molecular formula is C14H22ClNO. The Morgan fingerprint density at radius 2 is 1.88 bits per heavy atom. The topological polar surface area (TPSA) is 35.2 Å². The zero-order valence-electron chi connectivity index (χ0n) is 11.0. The summed E-state index contributed by atoms with van der Waals surface area (Å²) in [5, 5.41) is 0.635. The molecular weight excluding hydrogens is 234 g/mol. The monoisotopic (exact) mass is 255 g/mol. The van der Waals surface area contributed by atoms with Crippen LogP contribution in [0.2, 0.25) is 5.02 Å². The Hall–Kier alpha value is -0.730. The number of rotatable bonds is 5. The molecule has 2 N–H and O–H groups in total. The molecule has 0 radical (unpaired) electrons. The van der Waals surface area contributed by atoms with E-state index in [-0.39, 0.29) is 12.1 Å². The molecule has 1 aromatic rings. The molecule has 1 atom stereocenters. The third-order valence-electron chi connectivity index (χ3n) is 2.47. The van der Waals surface area contributed by atoms with Crippen LogP contribution < -0.4 is 10.5 Å². The zero-order valence-corrected chi connectivity index (χ0v) is 11.8. The maximum absolute atomic E-state index is 6.17. The summed E-state index contributed by atoms with van der Waals surface area (Å²) in [6, 6.07) is 5.85. The normalized spacial score (nSPS) is 13.2. The first-order chi connectivity index (χ1) is 7.90. The van der Waals surface area contributed by atoms with E-state index in [0.29, 0.717) is 10.9 Å². The Labute approximate surface area is 109 Å². The summed E-state index contributed by atoms with van der Waals surface area (Å²) >= 11 is 6.17. The van der Waals surface area contributed by atoms with Crippen LogP contribution in [0.5, 0.6) is 5.75 Å². The first kappa shape index (κ1) is 14.3. The minimum absolute atomic E-state index is 0.0422. The summed E-state index contributed by atoms with van der Waals surface area (Å²) in [6.45, 7) is 8.29. The van der Waals surface area contributed by atoms with Gasteiger partial charge in [0, 0.05) is 6.04 Å². The highest BCUT2D eigenvalue weighted by atomic mass is 35.5. The summed E-state index contributed by atoms with van der Waals surface area (Å²) < 4.78 is 5.59. The number of hydrogen-bond acceptors (Lipinski definition) is 2. The smallest absolute Gasteiger partial charge is 0.138 e. The Morgan fingerprint density at radius 3 is 2.35 bits per heavy atom. The van der Waals surface area contributed by atoms with Crippen molar-refractivity contribution < 1.29 is 4.74 Å². The molecule has 0 aliphatic carbocycles. The standard InChI is InChI=1S/C14H22ClNO/c1-9(2)7-13(16)11-5-6-14(12(15)8-11)17-10(3)4/h5-6,8-10,13H,7,16H2,1-4H3. The van der Waals surface area contributed by atoms with Crippen LogP contribution in [0, 0.1) is 5.92 Å². The number of ether oxygens (including phenoxy) is 1. The predicted octanol–water partition coefficient (Wildman–Crippen LogP) is 4.17. The van der Waals surface area contributed by atoms with E-state index in [1.807, 2.05) is 32.0 Å². The van der Waals surface area contributed by atoms with Crippen molar-refractivity contribution in [2.45, 2.75) is 46.3 Å². The summed E-state index contributed by atoms with van der Waals surface area (Å²) in [7, 11) is 0. The van der Waals surface area contributed by atoms with Gasteiger partial charge in [-0.3, -0.25) is 0 Å². The van der Waals surface area contributed by atoms with Crippen LogP contribution in [0.15, 0.2) is 18.2 Å². The third kappa shape index (κ3) is 4.57. The van der Waals surface area contributed by atoms with Crippen LogP contribution in [0.25, 0.3) is 0 Å². The lowest BCUT2D eigenvalue weighted by atomic mass is 9.98. The average molecular weight is 256 g/mol. The van der Waals surface area contributed by atoms with Crippen molar-refractivity contribution in [1.29, 1.82) is 0 Å². The SMILES string of the molecule is CC(C)CC(N)c1ccc(OC(C)C)c(Cl)c1. The molecule has 1 aromatic carbocycles. The van der Waals surface area contributed by atoms with Crippen molar-refractivity contribution in [2.24, 2.45) is 11.7 Å². The van der Waals surface area contributed by atoms with Crippen molar-refractivity contribution >= 4 is 11.6 Å². The van der Waals surface area contributed by atoms with Gasteiger partial charge in [0.05, 0.1) is 11.1 Å². The molecule has 3 heteroatoms. The second kappa shape index (κ2) is 6.27. The maximum atomic E-state index is 6.17. The maximum Gasteiger partial charge on any atom is 0.138 e. The molecule has 1 unspecified atom stereocenters. The van der Waals surface area contributed by atoms with Crippen LogP contribution in [0.3, 0.4) is 0 Å². The molecule has 0 spiro atoms. The van der Waals surface area contributed by atoms with Gasteiger partial charge in [0.15, 0.2) is 0 Å². The second-order valence-corrected chi connectivity index (χ2v) is 5.50. The van der Waals surface area contributed by atoms with Crippen molar-refractivity contribution in [2.75, 3.05) is 0 Å². The van der Waals surface area contributed by atoms with Crippen LogP contribution >= 0.6 is 11.6 Å². The Bertz CT molecular complexity index is 363. The molecule has 0 bridgehead atoms. The molecule has 0 aliphatic heterocycles. The highest BCUT2D eigenvalue weighted by molar-refractivity contribution is 6.32. The molecule has 0 fully saturated rings. The van der Waals surface area contributed by atoms with E-state index in [2.05, 4.69) is 13.8 Å². The fraction of sp³-hybridized carbons (Fsp3) is 0.571. The quantitative estimate of drug-likeness (QED) is 0.857. The second-order valence-electron chi connectivity index (χ2n) is 5.09. The van der Waals surface area contributed by atoms with E-state index >= 15 is 0 Å². The van der Waals surface area contributed by atoms with E-state index in [1.165, 1.54) is 0 Å². The third-order valence-corrected chi connectivity index (χ3v) is 2.77. The minimum Gasteiger partial charge on any atom is -0.489 e. The Morgan fingerprint density at radius 1 is 1.24 bits per heavy atom. The van der Waals surface area contributed by atoms with Gasteiger partial charge in [0.2, 0.25) is 0 Å². The average Bonchev–Trinajstić information content (AvgIpc) is 2.19. The largest absolute Gasteiger partial charge is 0.489 e. The van der Waals surface area contributed by atoms with Crippen molar-refractivity contribution in [3.8, 4) is 5.75 Å². The van der Waals surface area contributed by atoms with Gasteiger partial charge in [-0.05, 0) is 43.9 Å². The van der Waals surface area contributed by atoms with Gasteiger partial charge in [-0.2, -0.15) is 0 Å². The van der Waals surface area contributed by atoms with Crippen LogP contribution in [-0.2, 0) is 0 Å². The van der Waals surface area contributed by atoms with Gasteiger partial charge in [-0.1, -0.05) is 31.5 Å². The van der Waals surface area contributed by atoms with Crippen LogP contribution in [-0.4, -0.2) is 6.10 Å². The fourth-order valence-electron chi connectivity index (χ4n) is 1.74.